The summed E-state index contributed by atoms with van der Waals surface area (Å²) in [6, 6.07) is 0. The molecule has 1 fully saturated rings. The van der Waals surface area contributed by atoms with Crippen molar-refractivity contribution in [2.75, 3.05) is 13.1 Å². The first-order valence-electron chi connectivity index (χ1n) is 6.63. The second kappa shape index (κ2) is 5.48. The molecule has 2 aromatic heterocycles. The summed E-state index contributed by atoms with van der Waals surface area (Å²) in [5.41, 5.74) is 0. The van der Waals surface area contributed by atoms with E-state index >= 15 is 0 Å². The second-order valence-corrected chi connectivity index (χ2v) is 5.09. The van der Waals surface area contributed by atoms with Crippen LogP contribution in [0.5, 0.6) is 0 Å². The molecule has 2 aromatic rings. The maximum absolute atomic E-state index is 5.01. The van der Waals surface area contributed by atoms with Crippen molar-refractivity contribution in [3.63, 3.8) is 0 Å². The van der Waals surface area contributed by atoms with Gasteiger partial charge >= 0.3 is 0 Å². The highest BCUT2D eigenvalue weighted by atomic mass is 16.5. The molecule has 0 aliphatic carbocycles. The Balaban J connectivity index is 1.55. The molecule has 0 unspecified atom stereocenters. The molecule has 0 saturated carbocycles. The minimum atomic E-state index is 0.614. The van der Waals surface area contributed by atoms with Gasteiger partial charge in [0.2, 0.25) is 5.89 Å². The maximum atomic E-state index is 5.01. The van der Waals surface area contributed by atoms with Gasteiger partial charge in [0, 0.05) is 20.0 Å². The average molecular weight is 262 g/mol. The number of likely N-dealkylation sites (tertiary alicyclic amines) is 1. The van der Waals surface area contributed by atoms with Crippen molar-refractivity contribution in [3.8, 4) is 0 Å². The third kappa shape index (κ3) is 3.17. The fourth-order valence-corrected chi connectivity index (χ4v) is 2.64. The van der Waals surface area contributed by atoms with E-state index in [9.17, 15) is 0 Å². The van der Waals surface area contributed by atoms with Gasteiger partial charge in [0.05, 0.1) is 6.54 Å². The predicted octanol–water partition coefficient (Wildman–Crippen LogP) is 0.882. The molecule has 3 rings (SSSR count). The van der Waals surface area contributed by atoms with E-state index in [0.29, 0.717) is 11.8 Å². The molecule has 1 aliphatic rings. The average Bonchev–Trinajstić information content (AvgIpc) is 3.02. The highest BCUT2D eigenvalue weighted by molar-refractivity contribution is 4.85. The zero-order valence-corrected chi connectivity index (χ0v) is 11.1. The zero-order chi connectivity index (χ0) is 13.1. The predicted molar refractivity (Wildman–Crippen MR) is 67.1 cm³/mol. The van der Waals surface area contributed by atoms with Crippen LogP contribution in [0.1, 0.15) is 24.6 Å². The van der Waals surface area contributed by atoms with Gasteiger partial charge in [0.1, 0.15) is 12.7 Å². The first-order chi connectivity index (χ1) is 9.29. The summed E-state index contributed by atoms with van der Waals surface area (Å²) in [5, 5.41) is 8.13. The van der Waals surface area contributed by atoms with Crippen LogP contribution in [0.15, 0.2) is 17.2 Å². The van der Waals surface area contributed by atoms with Crippen molar-refractivity contribution in [2.24, 2.45) is 5.92 Å². The minimum absolute atomic E-state index is 0.614. The van der Waals surface area contributed by atoms with Crippen molar-refractivity contribution >= 4 is 0 Å². The summed E-state index contributed by atoms with van der Waals surface area (Å²) in [5.74, 6) is 2.02. The summed E-state index contributed by atoms with van der Waals surface area (Å²) in [4.78, 5) is 10.6. The summed E-state index contributed by atoms with van der Waals surface area (Å²) < 4.78 is 6.92. The van der Waals surface area contributed by atoms with Crippen molar-refractivity contribution in [1.29, 1.82) is 0 Å². The van der Waals surface area contributed by atoms with Gasteiger partial charge < -0.3 is 4.52 Å². The normalized spacial score (nSPS) is 20.8. The quantitative estimate of drug-likeness (QED) is 0.814. The van der Waals surface area contributed by atoms with Crippen LogP contribution in [-0.2, 0) is 13.1 Å². The van der Waals surface area contributed by atoms with E-state index in [1.54, 1.807) is 12.7 Å². The van der Waals surface area contributed by atoms with Gasteiger partial charge in [-0.15, -0.1) is 0 Å². The molecular weight excluding hydrogens is 244 g/mol. The van der Waals surface area contributed by atoms with Crippen molar-refractivity contribution in [1.82, 2.24) is 29.8 Å². The van der Waals surface area contributed by atoms with Crippen molar-refractivity contribution in [3.05, 3.63) is 24.4 Å². The Bertz CT molecular complexity index is 508. The molecule has 1 atom stereocenters. The number of piperidine rings is 1. The van der Waals surface area contributed by atoms with Gasteiger partial charge in [-0.25, -0.2) is 4.98 Å². The van der Waals surface area contributed by atoms with E-state index < -0.39 is 0 Å². The van der Waals surface area contributed by atoms with Gasteiger partial charge in [-0.3, -0.25) is 9.58 Å². The molecule has 1 aliphatic heterocycles. The Kier molecular flexibility index (Phi) is 3.54. The van der Waals surface area contributed by atoms with E-state index in [-0.39, 0.29) is 0 Å². The van der Waals surface area contributed by atoms with E-state index in [1.807, 2.05) is 11.6 Å². The van der Waals surface area contributed by atoms with Crippen LogP contribution in [0.2, 0.25) is 0 Å². The van der Waals surface area contributed by atoms with E-state index in [1.165, 1.54) is 12.8 Å². The van der Waals surface area contributed by atoms with Crippen LogP contribution in [0.4, 0.5) is 0 Å². The number of hydrogen-bond donors (Lipinski definition) is 0. The van der Waals surface area contributed by atoms with Gasteiger partial charge in [-0.05, 0) is 25.3 Å². The fourth-order valence-electron chi connectivity index (χ4n) is 2.64. The molecule has 7 nitrogen and oxygen atoms in total. The second-order valence-electron chi connectivity index (χ2n) is 5.09. The van der Waals surface area contributed by atoms with Crippen LogP contribution in [-0.4, -0.2) is 42.9 Å². The monoisotopic (exact) mass is 262 g/mol. The highest BCUT2D eigenvalue weighted by Gasteiger charge is 2.21. The molecule has 102 valence electrons. The lowest BCUT2D eigenvalue weighted by atomic mass is 9.98. The fraction of sp³-hybridized carbons (Fsp3) is 0.667. The van der Waals surface area contributed by atoms with Gasteiger partial charge in [0.25, 0.3) is 0 Å². The standard InChI is InChI=1S/C12H18N6O/c1-10-15-12(16-19-10)7-17-4-2-3-11(5-17)6-18-9-13-8-14-18/h8-9,11H,2-7H2,1H3/t11-/m1/s1. The van der Waals surface area contributed by atoms with E-state index in [0.717, 1.165) is 32.0 Å². The molecular formula is C12H18N6O. The first kappa shape index (κ1) is 12.3. The third-order valence-electron chi connectivity index (χ3n) is 3.45. The first-order valence-corrected chi connectivity index (χ1v) is 6.63. The number of nitrogens with zero attached hydrogens (tertiary/aromatic N) is 6. The van der Waals surface area contributed by atoms with Crippen LogP contribution >= 0.6 is 0 Å². The Morgan fingerprint density at radius 1 is 1.47 bits per heavy atom. The van der Waals surface area contributed by atoms with E-state index in [4.69, 9.17) is 4.52 Å². The largest absolute Gasteiger partial charge is 0.340 e. The molecule has 0 N–H and O–H groups in total. The molecule has 0 radical (unpaired) electrons. The van der Waals surface area contributed by atoms with Crippen molar-refractivity contribution in [2.45, 2.75) is 32.9 Å². The number of rotatable bonds is 4. The Labute approximate surface area is 111 Å². The molecule has 0 aromatic carbocycles. The molecule has 3 heterocycles. The molecule has 0 amide bonds. The summed E-state index contributed by atoms with van der Waals surface area (Å²) in [7, 11) is 0. The maximum Gasteiger partial charge on any atom is 0.223 e. The van der Waals surface area contributed by atoms with Crippen molar-refractivity contribution < 1.29 is 4.52 Å². The summed E-state index contributed by atoms with van der Waals surface area (Å²) in [6.45, 7) is 5.67. The van der Waals surface area contributed by atoms with Gasteiger partial charge in [-0.1, -0.05) is 5.16 Å². The molecule has 0 bridgehead atoms. The molecule has 1 saturated heterocycles. The third-order valence-corrected chi connectivity index (χ3v) is 3.45. The molecule has 0 spiro atoms. The lowest BCUT2D eigenvalue weighted by molar-refractivity contribution is 0.149. The van der Waals surface area contributed by atoms with Crippen LogP contribution in [0.25, 0.3) is 0 Å². The summed E-state index contributed by atoms with van der Waals surface area (Å²) >= 11 is 0. The van der Waals surface area contributed by atoms with Crippen LogP contribution in [0.3, 0.4) is 0 Å². The van der Waals surface area contributed by atoms with Gasteiger partial charge in [-0.2, -0.15) is 10.1 Å². The topological polar surface area (TPSA) is 72.9 Å². The Hall–Kier alpha value is -1.76. The number of aryl methyl sites for hydroxylation is 1. The summed E-state index contributed by atoms with van der Waals surface area (Å²) in [6.07, 6.45) is 5.81. The lowest BCUT2D eigenvalue weighted by Crippen LogP contribution is -2.36. The van der Waals surface area contributed by atoms with Crippen LogP contribution < -0.4 is 0 Å². The Morgan fingerprint density at radius 3 is 3.16 bits per heavy atom. The minimum Gasteiger partial charge on any atom is -0.340 e. The Morgan fingerprint density at radius 2 is 2.42 bits per heavy atom. The molecule has 7 heteroatoms. The van der Waals surface area contributed by atoms with Gasteiger partial charge in [0.15, 0.2) is 5.82 Å². The zero-order valence-electron chi connectivity index (χ0n) is 11.1. The SMILES string of the molecule is Cc1nc(CN2CCC[C@@H](Cn3cncn3)C2)no1. The highest BCUT2D eigenvalue weighted by Crippen LogP contribution is 2.19. The molecule has 19 heavy (non-hydrogen) atoms. The number of hydrogen-bond acceptors (Lipinski definition) is 6. The number of aromatic nitrogens is 5. The smallest absolute Gasteiger partial charge is 0.223 e. The van der Waals surface area contributed by atoms with E-state index in [2.05, 4.69) is 25.1 Å². The van der Waals surface area contributed by atoms with Crippen LogP contribution in [0, 0.1) is 12.8 Å². The lowest BCUT2D eigenvalue weighted by Gasteiger charge is -2.31.